The third-order valence-electron chi connectivity index (χ3n) is 4.98. The van der Waals surface area contributed by atoms with Crippen LogP contribution in [0.3, 0.4) is 0 Å². The highest BCUT2D eigenvalue weighted by Gasteiger charge is 2.44. The predicted molar refractivity (Wildman–Crippen MR) is 77.0 cm³/mol. The number of hydrogen-bond donors (Lipinski definition) is 1. The van der Waals surface area contributed by atoms with Gasteiger partial charge in [0.15, 0.2) is 0 Å². The molecule has 1 aliphatic carbocycles. The summed E-state index contributed by atoms with van der Waals surface area (Å²) in [5, 5.41) is 3.62. The quantitative estimate of drug-likeness (QED) is 0.816. The predicted octanol–water partition coefficient (Wildman–Crippen LogP) is 3.15. The molecule has 2 atom stereocenters. The highest BCUT2D eigenvalue weighted by atomic mass is 15.1. The van der Waals surface area contributed by atoms with E-state index in [0.717, 1.165) is 12.6 Å². The molecule has 1 saturated carbocycles. The maximum absolute atomic E-state index is 3.62. The van der Waals surface area contributed by atoms with Gasteiger partial charge in [-0.1, -0.05) is 24.6 Å². The van der Waals surface area contributed by atoms with Crippen molar-refractivity contribution in [3.8, 4) is 0 Å². The number of hydrogen-bond acceptors (Lipinski definition) is 2. The van der Waals surface area contributed by atoms with Crippen LogP contribution < -0.4 is 5.32 Å². The third kappa shape index (κ3) is 1.93. The van der Waals surface area contributed by atoms with Crippen LogP contribution in [0.1, 0.15) is 31.2 Å². The van der Waals surface area contributed by atoms with E-state index in [1.165, 1.54) is 43.4 Å². The van der Waals surface area contributed by atoms with Crippen LogP contribution in [-0.4, -0.2) is 31.6 Å². The van der Waals surface area contributed by atoms with Crippen molar-refractivity contribution >= 4 is 5.69 Å². The average Bonchev–Trinajstić information content (AvgIpc) is 2.66. The van der Waals surface area contributed by atoms with Crippen molar-refractivity contribution in [3.63, 3.8) is 0 Å². The van der Waals surface area contributed by atoms with Gasteiger partial charge in [0.2, 0.25) is 0 Å². The molecule has 0 amide bonds. The molecule has 2 unspecified atom stereocenters. The zero-order valence-electron chi connectivity index (χ0n) is 11.6. The Morgan fingerprint density at radius 1 is 1.22 bits per heavy atom. The fourth-order valence-corrected chi connectivity index (χ4v) is 4.18. The first-order valence-corrected chi connectivity index (χ1v) is 7.19. The minimum absolute atomic E-state index is 0.503. The molecule has 0 saturated heterocycles. The average molecular weight is 244 g/mol. The summed E-state index contributed by atoms with van der Waals surface area (Å²) < 4.78 is 0. The summed E-state index contributed by atoms with van der Waals surface area (Å²) in [5.41, 5.74) is 3.38. The van der Waals surface area contributed by atoms with E-state index in [4.69, 9.17) is 0 Å². The monoisotopic (exact) mass is 244 g/mol. The van der Waals surface area contributed by atoms with Crippen molar-refractivity contribution in [2.45, 2.75) is 38.1 Å². The topological polar surface area (TPSA) is 15.3 Å². The van der Waals surface area contributed by atoms with Crippen LogP contribution in [0, 0.1) is 5.41 Å². The highest BCUT2D eigenvalue weighted by Crippen LogP contribution is 2.47. The van der Waals surface area contributed by atoms with Crippen LogP contribution >= 0.6 is 0 Å². The summed E-state index contributed by atoms with van der Waals surface area (Å²) in [7, 11) is 4.50. The summed E-state index contributed by atoms with van der Waals surface area (Å²) in [6, 6.07) is 9.61. The Hall–Kier alpha value is -1.02. The lowest BCUT2D eigenvalue weighted by Crippen LogP contribution is -2.42. The Morgan fingerprint density at radius 2 is 2.06 bits per heavy atom. The first-order valence-electron chi connectivity index (χ1n) is 7.19. The second-order valence-corrected chi connectivity index (χ2v) is 6.24. The van der Waals surface area contributed by atoms with Gasteiger partial charge in [0.05, 0.1) is 0 Å². The summed E-state index contributed by atoms with van der Waals surface area (Å²) in [6.45, 7) is 1.13. The Balaban J connectivity index is 1.94. The summed E-state index contributed by atoms with van der Waals surface area (Å²) in [4.78, 5) is 2.46. The smallest absolute Gasteiger partial charge is 0.0372 e. The van der Waals surface area contributed by atoms with E-state index in [9.17, 15) is 0 Å². The Morgan fingerprint density at radius 3 is 2.89 bits per heavy atom. The molecule has 2 aliphatic rings. The van der Waals surface area contributed by atoms with Crippen molar-refractivity contribution in [2.75, 3.05) is 26.0 Å². The Bertz CT molecular complexity index is 427. The lowest BCUT2D eigenvalue weighted by atomic mass is 9.74. The standard InChI is InChI=1S/C16H24N2/c1-18(2)15-8-5-9-16(15)10-11-17-14-7-4-3-6-13(14)12-16/h3-4,6-7,15,17H,5,8-12H2,1-2H3. The molecule has 2 heteroatoms. The van der Waals surface area contributed by atoms with Crippen LogP contribution in [0.15, 0.2) is 24.3 Å². The molecular formula is C16H24N2. The normalized spacial score (nSPS) is 31.2. The lowest BCUT2D eigenvalue weighted by Gasteiger charge is -2.38. The fraction of sp³-hybridized carbons (Fsp3) is 0.625. The van der Waals surface area contributed by atoms with E-state index >= 15 is 0 Å². The summed E-state index contributed by atoms with van der Waals surface area (Å²) >= 11 is 0. The van der Waals surface area contributed by atoms with Gasteiger partial charge in [-0.15, -0.1) is 0 Å². The van der Waals surface area contributed by atoms with E-state index < -0.39 is 0 Å². The van der Waals surface area contributed by atoms with Gasteiger partial charge in [-0.25, -0.2) is 0 Å². The Kier molecular flexibility index (Phi) is 3.06. The molecule has 1 spiro atoms. The van der Waals surface area contributed by atoms with E-state index in [2.05, 4.69) is 48.6 Å². The van der Waals surface area contributed by atoms with Gasteiger partial charge in [-0.05, 0) is 56.8 Å². The number of nitrogens with one attached hydrogen (secondary N) is 1. The lowest BCUT2D eigenvalue weighted by molar-refractivity contribution is 0.126. The van der Waals surface area contributed by atoms with Gasteiger partial charge in [0.25, 0.3) is 0 Å². The largest absolute Gasteiger partial charge is 0.385 e. The third-order valence-corrected chi connectivity index (χ3v) is 4.98. The van der Waals surface area contributed by atoms with Gasteiger partial charge in [-0.2, -0.15) is 0 Å². The highest BCUT2D eigenvalue weighted by molar-refractivity contribution is 5.52. The number of benzene rings is 1. The molecule has 0 bridgehead atoms. The molecule has 1 fully saturated rings. The first kappa shape index (κ1) is 12.0. The Labute approximate surface area is 110 Å². The van der Waals surface area contributed by atoms with Crippen molar-refractivity contribution in [1.82, 2.24) is 4.90 Å². The van der Waals surface area contributed by atoms with Gasteiger partial charge < -0.3 is 10.2 Å². The van der Waals surface area contributed by atoms with Gasteiger partial charge in [0.1, 0.15) is 0 Å². The molecule has 1 aromatic rings. The molecule has 1 aromatic carbocycles. The first-order chi connectivity index (χ1) is 8.71. The van der Waals surface area contributed by atoms with Crippen molar-refractivity contribution in [2.24, 2.45) is 5.41 Å². The summed E-state index contributed by atoms with van der Waals surface area (Å²) in [6.07, 6.45) is 6.72. The number of nitrogens with zero attached hydrogens (tertiary/aromatic N) is 1. The minimum atomic E-state index is 0.503. The molecule has 2 nitrogen and oxygen atoms in total. The molecule has 0 radical (unpaired) electrons. The van der Waals surface area contributed by atoms with Gasteiger partial charge >= 0.3 is 0 Å². The van der Waals surface area contributed by atoms with Crippen molar-refractivity contribution in [3.05, 3.63) is 29.8 Å². The second kappa shape index (κ2) is 4.58. The maximum Gasteiger partial charge on any atom is 0.0372 e. The molecule has 18 heavy (non-hydrogen) atoms. The van der Waals surface area contributed by atoms with E-state index in [0.29, 0.717) is 5.41 Å². The zero-order chi connectivity index (χ0) is 12.6. The zero-order valence-corrected chi connectivity index (χ0v) is 11.6. The molecular weight excluding hydrogens is 220 g/mol. The number of para-hydroxylation sites is 1. The van der Waals surface area contributed by atoms with Crippen LogP contribution in [0.25, 0.3) is 0 Å². The van der Waals surface area contributed by atoms with E-state index in [1.807, 2.05) is 0 Å². The minimum Gasteiger partial charge on any atom is -0.385 e. The fourth-order valence-electron chi connectivity index (χ4n) is 4.18. The summed E-state index contributed by atoms with van der Waals surface area (Å²) in [5.74, 6) is 0. The molecule has 3 rings (SSSR count). The van der Waals surface area contributed by atoms with Crippen LogP contribution in [0.5, 0.6) is 0 Å². The van der Waals surface area contributed by atoms with Gasteiger partial charge in [0, 0.05) is 18.3 Å². The SMILES string of the molecule is CN(C)C1CCCC12CCNc1ccccc1C2. The van der Waals surface area contributed by atoms with Crippen LogP contribution in [-0.2, 0) is 6.42 Å². The van der Waals surface area contributed by atoms with E-state index in [-0.39, 0.29) is 0 Å². The van der Waals surface area contributed by atoms with E-state index in [1.54, 1.807) is 0 Å². The molecule has 0 aromatic heterocycles. The van der Waals surface area contributed by atoms with Crippen molar-refractivity contribution < 1.29 is 0 Å². The number of rotatable bonds is 1. The molecule has 98 valence electrons. The number of anilines is 1. The van der Waals surface area contributed by atoms with Gasteiger partial charge in [-0.3, -0.25) is 0 Å². The number of fused-ring (bicyclic) bond motifs is 1. The second-order valence-electron chi connectivity index (χ2n) is 6.24. The molecule has 1 N–H and O–H groups in total. The molecule has 1 aliphatic heterocycles. The van der Waals surface area contributed by atoms with Crippen LogP contribution in [0.4, 0.5) is 5.69 Å². The molecule has 1 heterocycles. The van der Waals surface area contributed by atoms with Crippen LogP contribution in [0.2, 0.25) is 0 Å². The maximum atomic E-state index is 3.62. The van der Waals surface area contributed by atoms with Crippen molar-refractivity contribution in [1.29, 1.82) is 0 Å².